The van der Waals surface area contributed by atoms with Crippen molar-refractivity contribution >= 4 is 44.8 Å². The van der Waals surface area contributed by atoms with Gasteiger partial charge in [-0.1, -0.05) is 35.3 Å². The average molecular weight is 431 g/mol. The summed E-state index contributed by atoms with van der Waals surface area (Å²) in [7, 11) is -2.03. The van der Waals surface area contributed by atoms with E-state index in [4.69, 9.17) is 27.9 Å². The summed E-state index contributed by atoms with van der Waals surface area (Å²) in [6.45, 7) is 0.823. The van der Waals surface area contributed by atoms with Crippen molar-refractivity contribution in [2.75, 3.05) is 30.8 Å². The van der Waals surface area contributed by atoms with Gasteiger partial charge in [0.15, 0.2) is 0 Å². The summed E-state index contributed by atoms with van der Waals surface area (Å²) in [4.78, 5) is 12.0. The van der Waals surface area contributed by atoms with Gasteiger partial charge < -0.3 is 10.1 Å². The lowest BCUT2D eigenvalue weighted by Crippen LogP contribution is -2.30. The van der Waals surface area contributed by atoms with Crippen LogP contribution in [-0.4, -0.2) is 40.8 Å². The molecule has 0 fully saturated rings. The molecule has 1 N–H and O–H groups in total. The number of methoxy groups -OCH3 is 1. The molecule has 2 aromatic carbocycles. The molecule has 0 saturated carbocycles. The molecular formula is C18H20Cl2N2O4S. The van der Waals surface area contributed by atoms with Crippen molar-refractivity contribution < 1.29 is 17.9 Å². The fourth-order valence-corrected chi connectivity index (χ4v) is 3.63. The van der Waals surface area contributed by atoms with Crippen molar-refractivity contribution in [3.63, 3.8) is 0 Å². The molecule has 146 valence electrons. The lowest BCUT2D eigenvalue weighted by molar-refractivity contribution is 0.0937. The van der Waals surface area contributed by atoms with E-state index in [9.17, 15) is 13.2 Å². The first kappa shape index (κ1) is 21.5. The predicted molar refractivity (Wildman–Crippen MR) is 108 cm³/mol. The fourth-order valence-electron chi connectivity index (χ4n) is 2.37. The van der Waals surface area contributed by atoms with Crippen LogP contribution in [0.3, 0.4) is 0 Å². The van der Waals surface area contributed by atoms with Crippen LogP contribution in [0.5, 0.6) is 0 Å². The molecule has 0 aliphatic heterocycles. The summed E-state index contributed by atoms with van der Waals surface area (Å²) in [6, 6.07) is 11.3. The van der Waals surface area contributed by atoms with Gasteiger partial charge in [0.05, 0.1) is 35.1 Å². The van der Waals surface area contributed by atoms with Gasteiger partial charge in [-0.15, -0.1) is 0 Å². The smallest absolute Gasteiger partial charge is 0.251 e. The molecule has 1 amide bonds. The molecule has 0 aliphatic carbocycles. The molecule has 9 heteroatoms. The SMILES string of the molecule is COCCNC(=O)c1ccc(N(Cc2cccc(Cl)c2Cl)S(C)(=O)=O)cc1. The largest absolute Gasteiger partial charge is 0.383 e. The van der Waals surface area contributed by atoms with Crippen LogP contribution in [0.1, 0.15) is 15.9 Å². The van der Waals surface area contributed by atoms with Crippen LogP contribution in [0, 0.1) is 0 Å². The molecule has 0 aromatic heterocycles. The van der Waals surface area contributed by atoms with E-state index in [-0.39, 0.29) is 12.5 Å². The van der Waals surface area contributed by atoms with Gasteiger partial charge in [-0.3, -0.25) is 9.10 Å². The maximum atomic E-state index is 12.3. The van der Waals surface area contributed by atoms with Crippen molar-refractivity contribution in [1.29, 1.82) is 0 Å². The van der Waals surface area contributed by atoms with Gasteiger partial charge in [-0.05, 0) is 35.9 Å². The first-order chi connectivity index (χ1) is 12.7. The lowest BCUT2D eigenvalue weighted by Gasteiger charge is -2.23. The second kappa shape index (κ2) is 9.41. The van der Waals surface area contributed by atoms with Crippen LogP contribution in [0.15, 0.2) is 42.5 Å². The van der Waals surface area contributed by atoms with Crippen LogP contribution in [-0.2, 0) is 21.3 Å². The molecule has 27 heavy (non-hydrogen) atoms. The molecule has 0 atom stereocenters. The van der Waals surface area contributed by atoms with E-state index in [1.165, 1.54) is 4.31 Å². The number of hydrogen-bond donors (Lipinski definition) is 1. The van der Waals surface area contributed by atoms with Crippen LogP contribution in [0.2, 0.25) is 10.0 Å². The minimum atomic E-state index is -3.58. The van der Waals surface area contributed by atoms with Crippen LogP contribution in [0.25, 0.3) is 0 Å². The Morgan fingerprint density at radius 2 is 1.81 bits per heavy atom. The van der Waals surface area contributed by atoms with E-state index < -0.39 is 10.0 Å². The number of nitrogens with zero attached hydrogens (tertiary/aromatic N) is 1. The minimum absolute atomic E-state index is 0.0254. The molecule has 0 radical (unpaired) electrons. The maximum Gasteiger partial charge on any atom is 0.251 e. The Morgan fingerprint density at radius 3 is 2.41 bits per heavy atom. The number of anilines is 1. The molecule has 6 nitrogen and oxygen atoms in total. The number of hydrogen-bond acceptors (Lipinski definition) is 4. The van der Waals surface area contributed by atoms with Gasteiger partial charge >= 0.3 is 0 Å². The standard InChI is InChI=1S/C18H20Cl2N2O4S/c1-26-11-10-21-18(23)13-6-8-15(9-7-13)22(27(2,24)25)12-14-4-3-5-16(19)17(14)20/h3-9H,10-12H2,1-2H3,(H,21,23). The summed E-state index contributed by atoms with van der Waals surface area (Å²) >= 11 is 12.2. The Bertz CT molecular complexity index is 902. The minimum Gasteiger partial charge on any atom is -0.383 e. The van der Waals surface area contributed by atoms with Gasteiger partial charge in [0.2, 0.25) is 10.0 Å². The third-order valence-electron chi connectivity index (χ3n) is 3.76. The number of halogens is 2. The molecule has 0 heterocycles. The Hall–Kier alpha value is -1.80. The number of carbonyl (C=O) groups is 1. The van der Waals surface area contributed by atoms with E-state index in [2.05, 4.69) is 5.32 Å². The zero-order valence-electron chi connectivity index (χ0n) is 14.9. The molecule has 2 rings (SSSR count). The normalized spacial score (nSPS) is 11.3. The highest BCUT2D eigenvalue weighted by molar-refractivity contribution is 7.92. The Labute approximate surface area is 169 Å². The summed E-state index contributed by atoms with van der Waals surface area (Å²) in [5, 5.41) is 3.36. The number of rotatable bonds is 8. The Balaban J connectivity index is 2.25. The summed E-state index contributed by atoms with van der Waals surface area (Å²) < 4.78 is 30.7. The van der Waals surface area contributed by atoms with Crippen molar-refractivity contribution in [2.24, 2.45) is 0 Å². The first-order valence-corrected chi connectivity index (χ1v) is 10.6. The number of nitrogens with one attached hydrogen (secondary N) is 1. The number of ether oxygens (including phenoxy) is 1. The highest BCUT2D eigenvalue weighted by atomic mass is 35.5. The molecule has 0 unspecified atom stereocenters. The Morgan fingerprint density at radius 1 is 1.15 bits per heavy atom. The van der Waals surface area contributed by atoms with Gasteiger partial charge in [0.25, 0.3) is 5.91 Å². The summed E-state index contributed by atoms with van der Waals surface area (Å²) in [5.41, 5.74) is 1.42. The van der Waals surface area contributed by atoms with Crippen molar-refractivity contribution in [1.82, 2.24) is 5.32 Å². The average Bonchev–Trinajstić information content (AvgIpc) is 2.62. The molecular weight excluding hydrogens is 411 g/mol. The maximum absolute atomic E-state index is 12.3. The van der Waals surface area contributed by atoms with Crippen LogP contribution >= 0.6 is 23.2 Å². The number of carbonyl (C=O) groups excluding carboxylic acids is 1. The van der Waals surface area contributed by atoms with Crippen molar-refractivity contribution in [3.8, 4) is 0 Å². The van der Waals surface area contributed by atoms with Crippen LogP contribution < -0.4 is 9.62 Å². The van der Waals surface area contributed by atoms with E-state index in [0.29, 0.717) is 40.0 Å². The number of sulfonamides is 1. The number of amides is 1. The van der Waals surface area contributed by atoms with Gasteiger partial charge in [-0.25, -0.2) is 8.42 Å². The zero-order valence-corrected chi connectivity index (χ0v) is 17.2. The third-order valence-corrected chi connectivity index (χ3v) is 5.75. The quantitative estimate of drug-likeness (QED) is 0.651. The van der Waals surface area contributed by atoms with Gasteiger partial charge in [0, 0.05) is 19.2 Å². The third kappa shape index (κ3) is 5.84. The highest BCUT2D eigenvalue weighted by Crippen LogP contribution is 2.29. The topological polar surface area (TPSA) is 75.7 Å². The summed E-state index contributed by atoms with van der Waals surface area (Å²) in [6.07, 6.45) is 1.11. The molecule has 0 spiro atoms. The van der Waals surface area contributed by atoms with E-state index >= 15 is 0 Å². The highest BCUT2D eigenvalue weighted by Gasteiger charge is 2.20. The molecule has 0 bridgehead atoms. The summed E-state index contributed by atoms with van der Waals surface area (Å²) in [5.74, 6) is -0.262. The van der Waals surface area contributed by atoms with Gasteiger partial charge in [-0.2, -0.15) is 0 Å². The van der Waals surface area contributed by atoms with Gasteiger partial charge in [0.1, 0.15) is 0 Å². The van der Waals surface area contributed by atoms with E-state index in [0.717, 1.165) is 6.26 Å². The lowest BCUT2D eigenvalue weighted by atomic mass is 10.1. The second-order valence-corrected chi connectivity index (χ2v) is 8.47. The Kier molecular flexibility index (Phi) is 7.49. The predicted octanol–water partition coefficient (Wildman–Crippen LogP) is 3.34. The van der Waals surface area contributed by atoms with E-state index in [1.807, 2.05) is 0 Å². The van der Waals surface area contributed by atoms with Crippen LogP contribution in [0.4, 0.5) is 5.69 Å². The first-order valence-electron chi connectivity index (χ1n) is 8.02. The monoisotopic (exact) mass is 430 g/mol. The second-order valence-electron chi connectivity index (χ2n) is 5.78. The van der Waals surface area contributed by atoms with Crippen molar-refractivity contribution in [3.05, 3.63) is 63.6 Å². The molecule has 0 saturated heterocycles. The molecule has 0 aliphatic rings. The molecule has 2 aromatic rings. The van der Waals surface area contributed by atoms with E-state index in [1.54, 1.807) is 49.6 Å². The fraction of sp³-hybridized carbons (Fsp3) is 0.278. The van der Waals surface area contributed by atoms with Crippen molar-refractivity contribution in [2.45, 2.75) is 6.54 Å². The number of benzene rings is 2. The zero-order chi connectivity index (χ0) is 20.0.